The smallest absolute Gasteiger partial charge is 0.317 e. The zero-order chi connectivity index (χ0) is 20.2. The number of nitrogens with one attached hydrogen (secondary N) is 2. The Labute approximate surface area is 172 Å². The van der Waals surface area contributed by atoms with Crippen molar-refractivity contribution in [2.45, 2.75) is 32.4 Å². The van der Waals surface area contributed by atoms with Gasteiger partial charge in [0.05, 0.1) is 19.1 Å². The van der Waals surface area contributed by atoms with E-state index in [1.54, 1.807) is 4.90 Å². The third kappa shape index (κ3) is 5.08. The number of piperidine rings is 1. The van der Waals surface area contributed by atoms with Gasteiger partial charge in [-0.25, -0.2) is 4.79 Å². The van der Waals surface area contributed by atoms with Crippen LogP contribution in [0.2, 0.25) is 0 Å². The largest absolute Gasteiger partial charge is 0.377 e. The fraction of sp³-hybridized carbons (Fsp3) is 0.636. The molecule has 3 atom stereocenters. The van der Waals surface area contributed by atoms with Gasteiger partial charge in [-0.2, -0.15) is 0 Å². The van der Waals surface area contributed by atoms with Gasteiger partial charge >= 0.3 is 6.03 Å². The molecule has 29 heavy (non-hydrogen) atoms. The molecule has 4 rings (SSSR count). The normalized spacial score (nSPS) is 27.0. The number of aryl methyl sites for hydroxylation is 1. The number of urea groups is 1. The predicted octanol–water partition coefficient (Wildman–Crippen LogP) is 1.36. The first kappa shape index (κ1) is 20.2. The summed E-state index contributed by atoms with van der Waals surface area (Å²) in [7, 11) is 0. The standard InChI is InChI=1S/C22H32N4O3/c1-16-3-2-4-17(11-16)13-25-8-5-19-18(14-25)15-29-20(19)12-21(27)23-6-9-26-10-7-24-22(26)28/h2-4,11,18-20H,5-10,12-15H2,1H3,(H,23,27)(H,24,28)/t18-,19-,20+/m1/s1. The summed E-state index contributed by atoms with van der Waals surface area (Å²) < 4.78 is 6.02. The second kappa shape index (κ2) is 9.13. The van der Waals surface area contributed by atoms with Crippen LogP contribution in [0, 0.1) is 18.8 Å². The SMILES string of the molecule is Cc1cccc(CN2CC[C@@H]3[C@@H](CO[C@H]3CC(=O)NCCN3CCNC3=O)C2)c1. The number of likely N-dealkylation sites (tertiary alicyclic amines) is 1. The maximum absolute atomic E-state index is 12.3. The van der Waals surface area contributed by atoms with E-state index < -0.39 is 0 Å². The Bertz CT molecular complexity index is 741. The summed E-state index contributed by atoms with van der Waals surface area (Å²) >= 11 is 0. The molecule has 0 unspecified atom stereocenters. The molecule has 158 valence electrons. The van der Waals surface area contributed by atoms with Crippen LogP contribution in [0.1, 0.15) is 24.0 Å². The van der Waals surface area contributed by atoms with Gasteiger partial charge in [-0.15, -0.1) is 0 Å². The average Bonchev–Trinajstić information content (AvgIpc) is 3.28. The molecular weight excluding hydrogens is 368 g/mol. The van der Waals surface area contributed by atoms with Crippen molar-refractivity contribution in [1.29, 1.82) is 0 Å². The van der Waals surface area contributed by atoms with Crippen molar-refractivity contribution in [3.63, 3.8) is 0 Å². The second-order valence-electron chi connectivity index (χ2n) is 8.58. The fourth-order valence-corrected chi connectivity index (χ4v) is 4.89. The molecule has 2 N–H and O–H groups in total. The Hall–Kier alpha value is -2.12. The second-order valence-corrected chi connectivity index (χ2v) is 8.58. The predicted molar refractivity (Wildman–Crippen MR) is 110 cm³/mol. The zero-order valence-corrected chi connectivity index (χ0v) is 17.2. The van der Waals surface area contributed by atoms with Crippen molar-refractivity contribution < 1.29 is 14.3 Å². The van der Waals surface area contributed by atoms with Crippen LogP contribution in [0.3, 0.4) is 0 Å². The highest BCUT2D eigenvalue weighted by Gasteiger charge is 2.41. The highest BCUT2D eigenvalue weighted by molar-refractivity contribution is 5.77. The van der Waals surface area contributed by atoms with E-state index in [1.165, 1.54) is 11.1 Å². The van der Waals surface area contributed by atoms with Gasteiger partial charge in [0.25, 0.3) is 0 Å². The molecule has 3 aliphatic rings. The molecule has 3 heterocycles. The summed E-state index contributed by atoms with van der Waals surface area (Å²) in [5.41, 5.74) is 2.67. The first-order valence-corrected chi connectivity index (χ1v) is 10.8. The topological polar surface area (TPSA) is 73.9 Å². The van der Waals surface area contributed by atoms with Crippen LogP contribution in [0.4, 0.5) is 4.79 Å². The van der Waals surface area contributed by atoms with E-state index in [-0.39, 0.29) is 18.0 Å². The third-order valence-electron chi connectivity index (χ3n) is 6.40. The van der Waals surface area contributed by atoms with E-state index in [9.17, 15) is 9.59 Å². The number of hydrogen-bond acceptors (Lipinski definition) is 4. The van der Waals surface area contributed by atoms with Crippen LogP contribution in [-0.4, -0.2) is 73.7 Å². The zero-order valence-electron chi connectivity index (χ0n) is 17.2. The number of hydrogen-bond donors (Lipinski definition) is 2. The Morgan fingerprint density at radius 1 is 1.34 bits per heavy atom. The number of rotatable bonds is 7. The molecule has 7 heteroatoms. The Balaban J connectivity index is 1.20. The van der Waals surface area contributed by atoms with E-state index in [2.05, 4.69) is 46.7 Å². The third-order valence-corrected chi connectivity index (χ3v) is 6.40. The molecule has 3 saturated heterocycles. The number of benzene rings is 1. The van der Waals surface area contributed by atoms with Gasteiger partial charge in [0.2, 0.25) is 5.91 Å². The van der Waals surface area contributed by atoms with Gasteiger partial charge < -0.3 is 20.3 Å². The molecule has 7 nitrogen and oxygen atoms in total. The molecule has 0 spiro atoms. The fourth-order valence-electron chi connectivity index (χ4n) is 4.89. The minimum atomic E-state index is -0.0429. The molecule has 0 saturated carbocycles. The molecule has 0 bridgehead atoms. The summed E-state index contributed by atoms with van der Waals surface area (Å²) in [5.74, 6) is 1.01. The maximum Gasteiger partial charge on any atom is 0.317 e. The molecule has 3 aliphatic heterocycles. The molecule has 3 fully saturated rings. The lowest BCUT2D eigenvalue weighted by Gasteiger charge is -2.35. The molecule has 0 radical (unpaired) electrons. The number of fused-ring (bicyclic) bond motifs is 1. The lowest BCUT2D eigenvalue weighted by atomic mass is 9.83. The van der Waals surface area contributed by atoms with Crippen molar-refractivity contribution in [2.24, 2.45) is 11.8 Å². The van der Waals surface area contributed by atoms with Crippen LogP contribution in [-0.2, 0) is 16.1 Å². The minimum absolute atomic E-state index is 0.0243. The maximum atomic E-state index is 12.3. The molecular formula is C22H32N4O3. The molecule has 0 aliphatic carbocycles. The first-order chi connectivity index (χ1) is 14.1. The molecule has 1 aromatic rings. The van der Waals surface area contributed by atoms with Crippen molar-refractivity contribution in [3.8, 4) is 0 Å². The van der Waals surface area contributed by atoms with Crippen LogP contribution < -0.4 is 10.6 Å². The summed E-state index contributed by atoms with van der Waals surface area (Å²) in [6.45, 7) is 8.43. The monoisotopic (exact) mass is 400 g/mol. The van der Waals surface area contributed by atoms with Crippen LogP contribution in [0.25, 0.3) is 0 Å². The van der Waals surface area contributed by atoms with Crippen molar-refractivity contribution in [3.05, 3.63) is 35.4 Å². The minimum Gasteiger partial charge on any atom is -0.377 e. The highest BCUT2D eigenvalue weighted by atomic mass is 16.5. The summed E-state index contributed by atoms with van der Waals surface area (Å²) in [4.78, 5) is 28.1. The Kier molecular flexibility index (Phi) is 6.35. The van der Waals surface area contributed by atoms with Gasteiger partial charge in [0.1, 0.15) is 0 Å². The number of amides is 3. The van der Waals surface area contributed by atoms with Crippen molar-refractivity contribution >= 4 is 11.9 Å². The Morgan fingerprint density at radius 3 is 3.03 bits per heavy atom. The van der Waals surface area contributed by atoms with Gasteiger partial charge in [0, 0.05) is 45.2 Å². The van der Waals surface area contributed by atoms with Gasteiger partial charge in [-0.3, -0.25) is 9.69 Å². The van der Waals surface area contributed by atoms with Gasteiger partial charge in [-0.05, 0) is 31.4 Å². The highest BCUT2D eigenvalue weighted by Crippen LogP contribution is 2.36. The van der Waals surface area contributed by atoms with E-state index in [0.717, 1.165) is 32.7 Å². The van der Waals surface area contributed by atoms with Crippen LogP contribution in [0.15, 0.2) is 24.3 Å². The molecule has 1 aromatic carbocycles. The number of ether oxygens (including phenoxy) is 1. The number of carbonyl (C=O) groups excluding carboxylic acids is 2. The summed E-state index contributed by atoms with van der Waals surface area (Å²) in [6, 6.07) is 8.68. The summed E-state index contributed by atoms with van der Waals surface area (Å²) in [5, 5.41) is 5.72. The number of carbonyl (C=O) groups is 2. The van der Waals surface area contributed by atoms with E-state index in [4.69, 9.17) is 4.74 Å². The van der Waals surface area contributed by atoms with Crippen molar-refractivity contribution in [2.75, 3.05) is 45.9 Å². The van der Waals surface area contributed by atoms with Crippen LogP contribution >= 0.6 is 0 Å². The first-order valence-electron chi connectivity index (χ1n) is 10.8. The van der Waals surface area contributed by atoms with E-state index in [0.29, 0.717) is 44.4 Å². The van der Waals surface area contributed by atoms with Gasteiger partial charge in [-0.1, -0.05) is 29.8 Å². The lowest BCUT2D eigenvalue weighted by molar-refractivity contribution is -0.123. The Morgan fingerprint density at radius 2 is 2.24 bits per heavy atom. The van der Waals surface area contributed by atoms with E-state index in [1.807, 2.05) is 0 Å². The van der Waals surface area contributed by atoms with Crippen molar-refractivity contribution in [1.82, 2.24) is 20.4 Å². The average molecular weight is 401 g/mol. The lowest BCUT2D eigenvalue weighted by Crippen LogP contribution is -2.42. The molecule has 0 aromatic heterocycles. The summed E-state index contributed by atoms with van der Waals surface area (Å²) in [6.07, 6.45) is 1.53. The number of nitrogens with zero attached hydrogens (tertiary/aromatic N) is 2. The molecule has 3 amide bonds. The van der Waals surface area contributed by atoms with Crippen LogP contribution in [0.5, 0.6) is 0 Å². The quantitative estimate of drug-likeness (QED) is 0.725. The van der Waals surface area contributed by atoms with Gasteiger partial charge in [0.15, 0.2) is 0 Å². The van der Waals surface area contributed by atoms with E-state index >= 15 is 0 Å².